The molecule has 0 saturated carbocycles. The molecular weight excluding hydrogens is 236 g/mol. The summed E-state index contributed by atoms with van der Waals surface area (Å²) in [5, 5.41) is 9.56. The minimum atomic E-state index is -0.812. The number of fused-ring (bicyclic) bond motifs is 3. The standard InChI is InChI=1S/C17H16O2/c1-10(2)12-7-8-14-13-6-4-3-5-11(13)9-15(14)16(12)17(18)19/h3-8,10H,9H2,1-2H3,(H,18,19). The first-order valence-corrected chi connectivity index (χ1v) is 6.57. The number of hydrogen-bond donors (Lipinski definition) is 1. The average Bonchev–Trinajstić information content (AvgIpc) is 2.75. The van der Waals surface area contributed by atoms with E-state index in [1.165, 1.54) is 11.1 Å². The van der Waals surface area contributed by atoms with E-state index in [0.29, 0.717) is 5.56 Å². The molecule has 0 bridgehead atoms. The highest BCUT2D eigenvalue weighted by Crippen LogP contribution is 2.40. The lowest BCUT2D eigenvalue weighted by atomic mass is 9.90. The van der Waals surface area contributed by atoms with Crippen LogP contribution in [0.5, 0.6) is 0 Å². The Kier molecular flexibility index (Phi) is 2.67. The molecule has 19 heavy (non-hydrogen) atoms. The van der Waals surface area contributed by atoms with E-state index in [1.54, 1.807) is 0 Å². The van der Waals surface area contributed by atoms with Crippen molar-refractivity contribution in [1.29, 1.82) is 0 Å². The predicted octanol–water partition coefficient (Wildman–Crippen LogP) is 4.08. The Bertz CT molecular complexity index is 669. The van der Waals surface area contributed by atoms with E-state index in [2.05, 4.69) is 18.2 Å². The summed E-state index contributed by atoms with van der Waals surface area (Å²) in [6.07, 6.45) is 0.730. The van der Waals surface area contributed by atoms with E-state index in [-0.39, 0.29) is 5.92 Å². The van der Waals surface area contributed by atoms with E-state index in [4.69, 9.17) is 0 Å². The average molecular weight is 252 g/mol. The first-order valence-electron chi connectivity index (χ1n) is 6.57. The van der Waals surface area contributed by atoms with Crippen molar-refractivity contribution in [3.63, 3.8) is 0 Å². The molecule has 0 aliphatic heterocycles. The number of hydrogen-bond acceptors (Lipinski definition) is 1. The maximum Gasteiger partial charge on any atom is 0.336 e. The van der Waals surface area contributed by atoms with Crippen LogP contribution in [0.1, 0.15) is 46.8 Å². The lowest BCUT2D eigenvalue weighted by molar-refractivity contribution is 0.0694. The van der Waals surface area contributed by atoms with Crippen LogP contribution in [-0.2, 0) is 6.42 Å². The molecule has 1 aliphatic carbocycles. The van der Waals surface area contributed by atoms with Gasteiger partial charge in [-0.2, -0.15) is 0 Å². The van der Waals surface area contributed by atoms with Gasteiger partial charge in [0.15, 0.2) is 0 Å². The number of aromatic carboxylic acids is 1. The molecule has 2 nitrogen and oxygen atoms in total. The Morgan fingerprint density at radius 1 is 1.11 bits per heavy atom. The van der Waals surface area contributed by atoms with Crippen LogP contribution in [0.25, 0.3) is 11.1 Å². The molecule has 0 heterocycles. The second kappa shape index (κ2) is 4.23. The van der Waals surface area contributed by atoms with Gasteiger partial charge in [0.05, 0.1) is 5.56 Å². The molecule has 0 radical (unpaired) electrons. The fourth-order valence-corrected chi connectivity index (χ4v) is 2.96. The van der Waals surface area contributed by atoms with Gasteiger partial charge in [-0.3, -0.25) is 0 Å². The Morgan fingerprint density at radius 2 is 1.84 bits per heavy atom. The summed E-state index contributed by atoms with van der Waals surface area (Å²) in [5.74, 6) is -0.589. The number of carboxylic acid groups (broad SMARTS) is 1. The molecule has 0 unspecified atom stereocenters. The quantitative estimate of drug-likeness (QED) is 0.746. The lowest BCUT2D eigenvalue weighted by Gasteiger charge is -2.14. The lowest BCUT2D eigenvalue weighted by Crippen LogP contribution is -2.08. The van der Waals surface area contributed by atoms with Gasteiger partial charge in [0, 0.05) is 0 Å². The summed E-state index contributed by atoms with van der Waals surface area (Å²) in [4.78, 5) is 11.6. The molecule has 3 rings (SSSR count). The highest BCUT2D eigenvalue weighted by atomic mass is 16.4. The van der Waals surface area contributed by atoms with Crippen LogP contribution in [0.4, 0.5) is 0 Å². The van der Waals surface area contributed by atoms with Crippen LogP contribution in [0.15, 0.2) is 36.4 Å². The van der Waals surface area contributed by atoms with Crippen LogP contribution in [0.3, 0.4) is 0 Å². The molecule has 2 aromatic carbocycles. The Labute approximate surface area is 112 Å². The summed E-state index contributed by atoms with van der Waals surface area (Å²) in [7, 11) is 0. The maximum atomic E-state index is 11.6. The third kappa shape index (κ3) is 1.75. The van der Waals surface area contributed by atoms with Crippen LogP contribution < -0.4 is 0 Å². The van der Waals surface area contributed by atoms with Crippen molar-refractivity contribution in [3.8, 4) is 11.1 Å². The zero-order chi connectivity index (χ0) is 13.6. The SMILES string of the molecule is CC(C)c1ccc2c(c1C(=O)O)Cc1ccccc1-2. The first kappa shape index (κ1) is 12.0. The van der Waals surface area contributed by atoms with E-state index in [0.717, 1.165) is 23.1 Å². The van der Waals surface area contributed by atoms with Crippen LogP contribution in [-0.4, -0.2) is 11.1 Å². The predicted molar refractivity (Wildman–Crippen MR) is 75.7 cm³/mol. The monoisotopic (exact) mass is 252 g/mol. The van der Waals surface area contributed by atoms with Gasteiger partial charge < -0.3 is 5.11 Å². The normalized spacial score (nSPS) is 12.4. The molecule has 1 aliphatic rings. The minimum absolute atomic E-state index is 0.222. The molecule has 0 saturated heterocycles. The summed E-state index contributed by atoms with van der Waals surface area (Å²) in [5.41, 5.74) is 5.89. The molecule has 0 spiro atoms. The molecule has 0 fully saturated rings. The van der Waals surface area contributed by atoms with Crippen molar-refractivity contribution in [3.05, 3.63) is 58.7 Å². The van der Waals surface area contributed by atoms with E-state index >= 15 is 0 Å². The van der Waals surface area contributed by atoms with Crippen molar-refractivity contribution in [2.24, 2.45) is 0 Å². The zero-order valence-corrected chi connectivity index (χ0v) is 11.1. The molecule has 2 aromatic rings. The van der Waals surface area contributed by atoms with Gasteiger partial charge in [0.2, 0.25) is 0 Å². The van der Waals surface area contributed by atoms with Crippen LogP contribution in [0.2, 0.25) is 0 Å². The fourth-order valence-electron chi connectivity index (χ4n) is 2.96. The van der Waals surface area contributed by atoms with Crippen molar-refractivity contribution < 1.29 is 9.90 Å². The second-order valence-corrected chi connectivity index (χ2v) is 5.35. The van der Waals surface area contributed by atoms with Gasteiger partial charge in [-0.15, -0.1) is 0 Å². The largest absolute Gasteiger partial charge is 0.478 e. The Balaban J connectivity index is 2.28. The summed E-state index contributed by atoms with van der Waals surface area (Å²) in [6, 6.07) is 12.2. The van der Waals surface area contributed by atoms with Crippen molar-refractivity contribution in [1.82, 2.24) is 0 Å². The van der Waals surface area contributed by atoms with Gasteiger partial charge in [-0.25, -0.2) is 4.79 Å². The van der Waals surface area contributed by atoms with Crippen molar-refractivity contribution in [2.75, 3.05) is 0 Å². The Morgan fingerprint density at radius 3 is 2.53 bits per heavy atom. The summed E-state index contributed by atoms with van der Waals surface area (Å²) < 4.78 is 0. The smallest absolute Gasteiger partial charge is 0.336 e. The first-order chi connectivity index (χ1) is 9.09. The van der Waals surface area contributed by atoms with Crippen LogP contribution in [0, 0.1) is 0 Å². The number of benzene rings is 2. The highest BCUT2D eigenvalue weighted by Gasteiger charge is 2.26. The number of rotatable bonds is 2. The van der Waals surface area contributed by atoms with E-state index in [9.17, 15) is 9.90 Å². The van der Waals surface area contributed by atoms with E-state index in [1.807, 2.05) is 32.0 Å². The Hall–Kier alpha value is -2.09. The van der Waals surface area contributed by atoms with Crippen molar-refractivity contribution >= 4 is 5.97 Å². The van der Waals surface area contributed by atoms with Gasteiger partial charge in [-0.1, -0.05) is 50.2 Å². The third-order valence-electron chi connectivity index (χ3n) is 3.86. The molecule has 0 atom stereocenters. The van der Waals surface area contributed by atoms with Gasteiger partial charge in [0.25, 0.3) is 0 Å². The number of carbonyl (C=O) groups is 1. The molecule has 0 aromatic heterocycles. The second-order valence-electron chi connectivity index (χ2n) is 5.35. The van der Waals surface area contributed by atoms with Gasteiger partial charge in [0.1, 0.15) is 0 Å². The minimum Gasteiger partial charge on any atom is -0.478 e. The molecule has 96 valence electrons. The third-order valence-corrected chi connectivity index (χ3v) is 3.86. The summed E-state index contributed by atoms with van der Waals surface area (Å²) in [6.45, 7) is 4.08. The fraction of sp³-hybridized carbons (Fsp3) is 0.235. The maximum absolute atomic E-state index is 11.6. The zero-order valence-electron chi connectivity index (χ0n) is 11.1. The molecule has 2 heteroatoms. The topological polar surface area (TPSA) is 37.3 Å². The van der Waals surface area contributed by atoms with Gasteiger partial charge >= 0.3 is 5.97 Å². The van der Waals surface area contributed by atoms with E-state index < -0.39 is 5.97 Å². The van der Waals surface area contributed by atoms with Gasteiger partial charge in [-0.05, 0) is 40.2 Å². The van der Waals surface area contributed by atoms with Crippen LogP contribution >= 0.6 is 0 Å². The highest BCUT2D eigenvalue weighted by molar-refractivity contribution is 5.96. The van der Waals surface area contributed by atoms with Crippen molar-refractivity contribution in [2.45, 2.75) is 26.2 Å². The molecule has 0 amide bonds. The number of carboxylic acids is 1. The molecular formula is C17H16O2. The summed E-state index contributed by atoms with van der Waals surface area (Å²) >= 11 is 0. The molecule has 1 N–H and O–H groups in total.